The van der Waals surface area contributed by atoms with Gasteiger partial charge in [-0.25, -0.2) is 4.79 Å². The largest absolute Gasteiger partial charge is 0.475 e. The van der Waals surface area contributed by atoms with Crippen LogP contribution in [0.25, 0.3) is 0 Å². The molecule has 0 saturated heterocycles. The average molecular weight is 234 g/mol. The number of benzene rings is 1. The predicted octanol–water partition coefficient (Wildman–Crippen LogP) is 1.58. The first kappa shape index (κ1) is 13.1. The van der Waals surface area contributed by atoms with E-state index in [0.29, 0.717) is 11.5 Å². The lowest BCUT2D eigenvalue weighted by atomic mass is 9.99. The third kappa shape index (κ3) is 3.52. The van der Waals surface area contributed by atoms with Crippen molar-refractivity contribution in [2.75, 3.05) is 0 Å². The number of carboxylic acid groups (broad SMARTS) is 1. The number of hydrogen-bond acceptors (Lipinski definition) is 3. The second kappa shape index (κ2) is 5.39. The van der Waals surface area contributed by atoms with Gasteiger partial charge < -0.3 is 5.11 Å². The van der Waals surface area contributed by atoms with Crippen molar-refractivity contribution in [3.63, 3.8) is 0 Å². The van der Waals surface area contributed by atoms with E-state index in [-0.39, 0.29) is 6.42 Å². The van der Waals surface area contributed by atoms with Crippen molar-refractivity contribution in [1.29, 1.82) is 0 Å². The first-order chi connectivity index (χ1) is 7.91. The Balaban J connectivity index is 2.73. The molecule has 0 aliphatic carbocycles. The molecule has 1 rings (SSSR count). The van der Waals surface area contributed by atoms with E-state index in [2.05, 4.69) is 0 Å². The monoisotopic (exact) mass is 234 g/mol. The number of hydrogen-bond donors (Lipinski definition) is 1. The standard InChI is InChI=1S/C13H14O4/c1-8(2)10-5-3-9(4-6-10)7-11(14)12(15)13(16)17/h3-6,8H,7H2,1-2H3,(H,16,17). The molecule has 0 saturated carbocycles. The Bertz CT molecular complexity index is 443. The molecule has 0 radical (unpaired) electrons. The summed E-state index contributed by atoms with van der Waals surface area (Å²) in [7, 11) is 0. The highest BCUT2D eigenvalue weighted by molar-refractivity contribution is 6.61. The van der Waals surface area contributed by atoms with Crippen LogP contribution in [-0.2, 0) is 20.8 Å². The Kier molecular flexibility index (Phi) is 4.15. The van der Waals surface area contributed by atoms with Gasteiger partial charge in [0.15, 0.2) is 0 Å². The lowest BCUT2D eigenvalue weighted by Gasteiger charge is -2.05. The number of ketones is 2. The molecule has 1 aromatic carbocycles. The summed E-state index contributed by atoms with van der Waals surface area (Å²) in [5.41, 5.74) is 1.78. The zero-order chi connectivity index (χ0) is 13.0. The maximum absolute atomic E-state index is 11.2. The summed E-state index contributed by atoms with van der Waals surface area (Å²) in [6.07, 6.45) is -0.163. The lowest BCUT2D eigenvalue weighted by molar-refractivity contribution is -0.152. The Morgan fingerprint density at radius 3 is 2.06 bits per heavy atom. The number of aliphatic carboxylic acids is 1. The molecule has 0 unspecified atom stereocenters. The van der Waals surface area contributed by atoms with E-state index in [0.717, 1.165) is 5.56 Å². The second-order valence-electron chi connectivity index (χ2n) is 4.13. The van der Waals surface area contributed by atoms with Gasteiger partial charge in [-0.2, -0.15) is 0 Å². The van der Waals surface area contributed by atoms with E-state index in [4.69, 9.17) is 5.11 Å². The maximum Gasteiger partial charge on any atom is 0.380 e. The highest BCUT2D eigenvalue weighted by Gasteiger charge is 2.21. The van der Waals surface area contributed by atoms with Crippen molar-refractivity contribution in [3.8, 4) is 0 Å². The summed E-state index contributed by atoms with van der Waals surface area (Å²) in [6, 6.07) is 7.22. The molecule has 1 N–H and O–H groups in total. The zero-order valence-corrected chi connectivity index (χ0v) is 9.77. The molecular formula is C13H14O4. The van der Waals surface area contributed by atoms with Gasteiger partial charge in [-0.15, -0.1) is 0 Å². The first-order valence-electron chi connectivity index (χ1n) is 5.31. The van der Waals surface area contributed by atoms with Crippen LogP contribution in [0.4, 0.5) is 0 Å². The minimum absolute atomic E-state index is 0.163. The van der Waals surface area contributed by atoms with E-state index in [1.165, 1.54) is 0 Å². The van der Waals surface area contributed by atoms with Crippen molar-refractivity contribution in [3.05, 3.63) is 35.4 Å². The van der Waals surface area contributed by atoms with Crippen molar-refractivity contribution >= 4 is 17.5 Å². The maximum atomic E-state index is 11.2. The number of Topliss-reactive ketones (excluding diaryl/α,β-unsaturated/α-hetero) is 2. The Morgan fingerprint density at radius 1 is 1.12 bits per heavy atom. The molecular weight excluding hydrogens is 220 g/mol. The van der Waals surface area contributed by atoms with Gasteiger partial charge in [-0.3, -0.25) is 9.59 Å². The van der Waals surface area contributed by atoms with Crippen molar-refractivity contribution in [1.82, 2.24) is 0 Å². The van der Waals surface area contributed by atoms with Gasteiger partial charge in [0.05, 0.1) is 0 Å². The van der Waals surface area contributed by atoms with E-state index in [1.54, 1.807) is 12.1 Å². The van der Waals surface area contributed by atoms with Gasteiger partial charge in [0.25, 0.3) is 0 Å². The van der Waals surface area contributed by atoms with Gasteiger partial charge in [0.2, 0.25) is 5.78 Å². The van der Waals surface area contributed by atoms with Crippen LogP contribution in [0.3, 0.4) is 0 Å². The summed E-state index contributed by atoms with van der Waals surface area (Å²) in [5, 5.41) is 8.38. The molecule has 0 spiro atoms. The van der Waals surface area contributed by atoms with E-state index in [9.17, 15) is 14.4 Å². The molecule has 0 amide bonds. The molecule has 0 aliphatic heterocycles. The number of carbonyl (C=O) groups is 3. The fourth-order valence-electron chi connectivity index (χ4n) is 1.41. The summed E-state index contributed by atoms with van der Waals surface area (Å²) in [6.45, 7) is 4.10. The summed E-state index contributed by atoms with van der Waals surface area (Å²) < 4.78 is 0. The fraction of sp³-hybridized carbons (Fsp3) is 0.308. The van der Waals surface area contributed by atoms with E-state index in [1.807, 2.05) is 26.0 Å². The summed E-state index contributed by atoms with van der Waals surface area (Å²) in [5.74, 6) is -3.57. The molecule has 17 heavy (non-hydrogen) atoms. The van der Waals surface area contributed by atoms with Gasteiger partial charge >= 0.3 is 11.8 Å². The van der Waals surface area contributed by atoms with Crippen molar-refractivity contribution in [2.24, 2.45) is 0 Å². The molecule has 0 atom stereocenters. The Hall–Kier alpha value is -1.97. The number of rotatable bonds is 5. The van der Waals surface area contributed by atoms with Gasteiger partial charge in [-0.1, -0.05) is 38.1 Å². The van der Waals surface area contributed by atoms with Crippen LogP contribution in [0.2, 0.25) is 0 Å². The van der Waals surface area contributed by atoms with Crippen molar-refractivity contribution in [2.45, 2.75) is 26.2 Å². The Labute approximate surface area is 99.3 Å². The molecule has 0 heterocycles. The lowest BCUT2D eigenvalue weighted by Crippen LogP contribution is -2.24. The number of carbonyl (C=O) groups excluding carboxylic acids is 2. The molecule has 0 aliphatic rings. The van der Waals surface area contributed by atoms with Crippen molar-refractivity contribution < 1.29 is 19.5 Å². The molecule has 90 valence electrons. The van der Waals surface area contributed by atoms with Gasteiger partial charge in [-0.05, 0) is 17.0 Å². The average Bonchev–Trinajstić information content (AvgIpc) is 2.28. The molecule has 4 heteroatoms. The van der Waals surface area contributed by atoms with Crippen LogP contribution in [0, 0.1) is 0 Å². The first-order valence-corrected chi connectivity index (χ1v) is 5.31. The smallest absolute Gasteiger partial charge is 0.380 e. The van der Waals surface area contributed by atoms with E-state index >= 15 is 0 Å². The highest BCUT2D eigenvalue weighted by Crippen LogP contribution is 2.15. The summed E-state index contributed by atoms with van der Waals surface area (Å²) in [4.78, 5) is 32.4. The topological polar surface area (TPSA) is 71.4 Å². The molecule has 1 aromatic rings. The quantitative estimate of drug-likeness (QED) is 0.620. The third-order valence-electron chi connectivity index (χ3n) is 2.46. The molecule has 4 nitrogen and oxygen atoms in total. The normalized spacial score (nSPS) is 10.3. The van der Waals surface area contributed by atoms with Crippen LogP contribution in [0.5, 0.6) is 0 Å². The second-order valence-corrected chi connectivity index (χ2v) is 4.13. The SMILES string of the molecule is CC(C)c1ccc(CC(=O)C(=O)C(=O)O)cc1. The summed E-state index contributed by atoms with van der Waals surface area (Å²) >= 11 is 0. The van der Waals surface area contributed by atoms with Crippen LogP contribution in [0.15, 0.2) is 24.3 Å². The molecule has 0 aromatic heterocycles. The van der Waals surface area contributed by atoms with E-state index < -0.39 is 17.5 Å². The number of carboxylic acids is 1. The molecule has 0 bridgehead atoms. The van der Waals surface area contributed by atoms with Crippen LogP contribution in [0.1, 0.15) is 30.9 Å². The van der Waals surface area contributed by atoms with Crippen LogP contribution in [-0.4, -0.2) is 22.6 Å². The predicted molar refractivity (Wildman–Crippen MR) is 61.9 cm³/mol. The van der Waals surface area contributed by atoms with Gasteiger partial charge in [0.1, 0.15) is 0 Å². The minimum atomic E-state index is -1.70. The van der Waals surface area contributed by atoms with Crippen LogP contribution >= 0.6 is 0 Å². The molecule has 0 fully saturated rings. The minimum Gasteiger partial charge on any atom is -0.475 e. The zero-order valence-electron chi connectivity index (χ0n) is 9.77. The highest BCUT2D eigenvalue weighted by atomic mass is 16.4. The Morgan fingerprint density at radius 2 is 1.65 bits per heavy atom. The fourth-order valence-corrected chi connectivity index (χ4v) is 1.41. The van der Waals surface area contributed by atoms with Crippen LogP contribution < -0.4 is 0 Å². The van der Waals surface area contributed by atoms with Gasteiger partial charge in [0, 0.05) is 6.42 Å². The third-order valence-corrected chi connectivity index (χ3v) is 2.46.